The zero-order valence-corrected chi connectivity index (χ0v) is 11.9. The van der Waals surface area contributed by atoms with Crippen LogP contribution in [0.15, 0.2) is 17.0 Å². The predicted molar refractivity (Wildman–Crippen MR) is 72.8 cm³/mol. The van der Waals surface area contributed by atoms with Gasteiger partial charge in [-0.15, -0.1) is 12.6 Å². The van der Waals surface area contributed by atoms with Crippen LogP contribution in [0.4, 0.5) is 0 Å². The summed E-state index contributed by atoms with van der Waals surface area (Å²) < 4.78 is 0. The van der Waals surface area contributed by atoms with Gasteiger partial charge in [-0.1, -0.05) is 47.6 Å². The molecule has 1 aromatic carbocycles. The van der Waals surface area contributed by atoms with Crippen molar-refractivity contribution < 1.29 is 5.11 Å². The Bertz CT molecular complexity index is 394. The van der Waals surface area contributed by atoms with E-state index in [0.29, 0.717) is 5.75 Å². The number of hydrogen-bond acceptors (Lipinski definition) is 2. The molecule has 0 aromatic heterocycles. The van der Waals surface area contributed by atoms with Crippen molar-refractivity contribution in [2.45, 2.75) is 57.3 Å². The van der Waals surface area contributed by atoms with E-state index in [9.17, 15) is 5.11 Å². The Morgan fingerprint density at radius 2 is 1.44 bits per heavy atom. The molecule has 0 heterocycles. The molecule has 0 aliphatic carbocycles. The maximum Gasteiger partial charge on any atom is 0.124 e. The molecule has 0 atom stereocenters. The van der Waals surface area contributed by atoms with Crippen LogP contribution in [-0.2, 0) is 10.8 Å². The van der Waals surface area contributed by atoms with E-state index in [1.807, 2.05) is 12.1 Å². The van der Waals surface area contributed by atoms with E-state index >= 15 is 0 Å². The van der Waals surface area contributed by atoms with Crippen LogP contribution >= 0.6 is 12.6 Å². The third-order valence-corrected chi connectivity index (χ3v) is 3.09. The average molecular weight is 238 g/mol. The molecule has 1 nitrogen and oxygen atoms in total. The van der Waals surface area contributed by atoms with Crippen molar-refractivity contribution in [2.24, 2.45) is 0 Å². The Morgan fingerprint density at radius 1 is 0.938 bits per heavy atom. The lowest BCUT2D eigenvalue weighted by molar-refractivity contribution is 0.419. The van der Waals surface area contributed by atoms with Crippen molar-refractivity contribution in [1.82, 2.24) is 0 Å². The molecule has 2 heteroatoms. The summed E-state index contributed by atoms with van der Waals surface area (Å²) >= 11 is 4.44. The molecule has 1 aromatic rings. The molecule has 16 heavy (non-hydrogen) atoms. The van der Waals surface area contributed by atoms with E-state index in [2.05, 4.69) is 54.2 Å². The monoisotopic (exact) mass is 238 g/mol. The Kier molecular flexibility index (Phi) is 3.35. The van der Waals surface area contributed by atoms with Gasteiger partial charge in [0.1, 0.15) is 5.75 Å². The van der Waals surface area contributed by atoms with Crippen molar-refractivity contribution in [3.63, 3.8) is 0 Å². The molecule has 90 valence electrons. The van der Waals surface area contributed by atoms with Gasteiger partial charge in [0, 0.05) is 10.5 Å². The van der Waals surface area contributed by atoms with Crippen LogP contribution in [-0.4, -0.2) is 5.11 Å². The van der Waals surface area contributed by atoms with Gasteiger partial charge < -0.3 is 5.11 Å². The van der Waals surface area contributed by atoms with Crippen LogP contribution in [0.3, 0.4) is 0 Å². The maximum atomic E-state index is 10.4. The molecule has 0 aliphatic rings. The zero-order chi connectivity index (χ0) is 12.7. The smallest absolute Gasteiger partial charge is 0.124 e. The van der Waals surface area contributed by atoms with Gasteiger partial charge in [0.15, 0.2) is 0 Å². The number of aromatic hydroxyl groups is 1. The first kappa shape index (κ1) is 13.4. The summed E-state index contributed by atoms with van der Waals surface area (Å²) in [6, 6.07) is 3.94. The summed E-state index contributed by atoms with van der Waals surface area (Å²) in [4.78, 5) is 0.859. The number of rotatable bonds is 0. The van der Waals surface area contributed by atoms with E-state index in [4.69, 9.17) is 0 Å². The highest BCUT2D eigenvalue weighted by Gasteiger charge is 2.27. The van der Waals surface area contributed by atoms with Gasteiger partial charge in [-0.2, -0.15) is 0 Å². The quantitative estimate of drug-likeness (QED) is 0.647. The van der Waals surface area contributed by atoms with Gasteiger partial charge in [-0.3, -0.25) is 0 Å². The van der Waals surface area contributed by atoms with Crippen LogP contribution in [0.25, 0.3) is 0 Å². The average Bonchev–Trinajstić information content (AvgIpc) is 1.97. The molecular formula is C14H22OS. The van der Waals surface area contributed by atoms with Crippen LogP contribution in [0, 0.1) is 0 Å². The highest BCUT2D eigenvalue weighted by Crippen LogP contribution is 2.41. The fourth-order valence-corrected chi connectivity index (χ4v) is 2.44. The molecule has 0 saturated carbocycles. The summed E-state index contributed by atoms with van der Waals surface area (Å²) in [6.45, 7) is 12.6. The van der Waals surface area contributed by atoms with Crippen LogP contribution in [0.1, 0.15) is 52.7 Å². The second kappa shape index (κ2) is 3.99. The molecule has 0 fully saturated rings. The summed E-state index contributed by atoms with van der Waals surface area (Å²) in [5, 5.41) is 10.4. The van der Waals surface area contributed by atoms with Crippen molar-refractivity contribution in [3.8, 4) is 5.75 Å². The van der Waals surface area contributed by atoms with Gasteiger partial charge in [0.2, 0.25) is 0 Å². The van der Waals surface area contributed by atoms with Crippen LogP contribution in [0.5, 0.6) is 5.75 Å². The van der Waals surface area contributed by atoms with Crippen LogP contribution in [0.2, 0.25) is 0 Å². The largest absolute Gasteiger partial charge is 0.507 e. The minimum Gasteiger partial charge on any atom is -0.507 e. The highest BCUT2D eigenvalue weighted by molar-refractivity contribution is 7.80. The molecule has 0 amide bonds. The topological polar surface area (TPSA) is 20.2 Å². The van der Waals surface area contributed by atoms with Crippen molar-refractivity contribution in [3.05, 3.63) is 23.3 Å². The number of hydrogen-bond donors (Lipinski definition) is 2. The first-order valence-corrected chi connectivity index (χ1v) is 6.06. The Labute approximate surface area is 104 Å². The number of thiol groups is 1. The molecule has 1 rings (SSSR count). The lowest BCUT2D eigenvalue weighted by Gasteiger charge is -2.28. The second-order valence-electron chi connectivity index (χ2n) is 6.36. The molecule has 0 aliphatic heterocycles. The van der Waals surface area contributed by atoms with Crippen molar-refractivity contribution >= 4 is 12.6 Å². The lowest BCUT2D eigenvalue weighted by Crippen LogP contribution is -2.17. The first-order valence-electron chi connectivity index (χ1n) is 5.61. The third-order valence-electron chi connectivity index (χ3n) is 2.71. The van der Waals surface area contributed by atoms with E-state index < -0.39 is 0 Å². The van der Waals surface area contributed by atoms with Gasteiger partial charge in [0.25, 0.3) is 0 Å². The zero-order valence-electron chi connectivity index (χ0n) is 11.0. The van der Waals surface area contributed by atoms with Crippen molar-refractivity contribution in [2.75, 3.05) is 0 Å². The molecule has 0 spiro atoms. The Morgan fingerprint density at radius 3 is 1.81 bits per heavy atom. The Balaban J connectivity index is 3.52. The van der Waals surface area contributed by atoms with Gasteiger partial charge in [0.05, 0.1) is 0 Å². The highest BCUT2D eigenvalue weighted by atomic mass is 32.1. The molecule has 0 unspecified atom stereocenters. The summed E-state index contributed by atoms with van der Waals surface area (Å²) in [5.41, 5.74) is 1.77. The fourth-order valence-electron chi connectivity index (χ4n) is 1.93. The lowest BCUT2D eigenvalue weighted by atomic mass is 9.79. The van der Waals surface area contributed by atoms with E-state index in [-0.39, 0.29) is 10.8 Å². The van der Waals surface area contributed by atoms with E-state index in [0.717, 1.165) is 16.0 Å². The van der Waals surface area contributed by atoms with Gasteiger partial charge in [-0.05, 0) is 22.5 Å². The van der Waals surface area contributed by atoms with Gasteiger partial charge >= 0.3 is 0 Å². The van der Waals surface area contributed by atoms with Gasteiger partial charge in [-0.25, -0.2) is 0 Å². The summed E-state index contributed by atoms with van der Waals surface area (Å²) in [5.74, 6) is 0.396. The van der Waals surface area contributed by atoms with E-state index in [1.54, 1.807) is 0 Å². The molecule has 0 bridgehead atoms. The Hall–Kier alpha value is -0.630. The normalized spacial score (nSPS) is 12.9. The number of phenols is 1. The SMILES string of the molecule is CC(C)(C)c1ccc(S)c(C(C)(C)C)c1O. The minimum atomic E-state index is -0.0948. The summed E-state index contributed by atoms with van der Waals surface area (Å²) in [6.07, 6.45) is 0. The molecule has 1 N–H and O–H groups in total. The predicted octanol–water partition coefficient (Wildman–Crippen LogP) is 4.28. The number of benzene rings is 1. The molecule has 0 radical (unpaired) electrons. The molecule has 0 saturated heterocycles. The molecular weight excluding hydrogens is 216 g/mol. The fraction of sp³-hybridized carbons (Fsp3) is 0.571. The van der Waals surface area contributed by atoms with E-state index in [1.165, 1.54) is 0 Å². The third kappa shape index (κ3) is 2.54. The maximum absolute atomic E-state index is 10.4. The minimum absolute atomic E-state index is 0.0500. The first-order chi connectivity index (χ1) is 7.05. The summed E-state index contributed by atoms with van der Waals surface area (Å²) in [7, 11) is 0. The van der Waals surface area contributed by atoms with Crippen molar-refractivity contribution in [1.29, 1.82) is 0 Å². The van der Waals surface area contributed by atoms with Crippen LogP contribution < -0.4 is 0 Å². The standard InChI is InChI=1S/C14H22OS/c1-13(2,3)9-7-8-10(16)11(12(9)15)14(4,5)6/h7-8,15-16H,1-6H3. The second-order valence-corrected chi connectivity index (χ2v) is 6.84. The number of phenolic OH excluding ortho intramolecular Hbond substituents is 1.